The largest absolute Gasteiger partial charge is 0.444 e. The number of carbonyl (C=O) groups excluding carboxylic acids is 1. The third-order valence-corrected chi connectivity index (χ3v) is 5.02. The van der Waals surface area contributed by atoms with Crippen LogP contribution in [-0.4, -0.2) is 58.9 Å². The van der Waals surface area contributed by atoms with Gasteiger partial charge in [0.05, 0.1) is 12.1 Å². The minimum atomic E-state index is -0.471. The first kappa shape index (κ1) is 18.2. The lowest BCUT2D eigenvalue weighted by atomic mass is 9.84. The highest BCUT2D eigenvalue weighted by molar-refractivity contribution is 5.68. The molecule has 1 aliphatic heterocycles. The second-order valence-electron chi connectivity index (χ2n) is 8.11. The maximum absolute atomic E-state index is 12.3. The molecule has 1 N–H and O–H groups in total. The summed E-state index contributed by atoms with van der Waals surface area (Å²) in [5.74, 6) is 0. The Hall–Kier alpha value is -1.59. The molecule has 1 aliphatic carbocycles. The first-order valence-electron chi connectivity index (χ1n) is 9.33. The third-order valence-electron chi connectivity index (χ3n) is 5.02. The Labute approximate surface area is 150 Å². The van der Waals surface area contributed by atoms with Crippen LogP contribution in [0.5, 0.6) is 0 Å². The van der Waals surface area contributed by atoms with Gasteiger partial charge in [0, 0.05) is 26.2 Å². The van der Waals surface area contributed by atoms with Gasteiger partial charge in [0.1, 0.15) is 5.60 Å². The zero-order valence-corrected chi connectivity index (χ0v) is 15.6. The van der Waals surface area contributed by atoms with Crippen LogP contribution < -0.4 is 0 Å². The van der Waals surface area contributed by atoms with E-state index in [-0.39, 0.29) is 18.2 Å². The van der Waals surface area contributed by atoms with Crippen LogP contribution in [0.3, 0.4) is 0 Å². The Kier molecular flexibility index (Phi) is 5.35. The molecule has 0 saturated carbocycles. The fourth-order valence-electron chi connectivity index (χ4n) is 3.88. The van der Waals surface area contributed by atoms with Gasteiger partial charge in [-0.15, -0.1) is 0 Å². The lowest BCUT2D eigenvalue weighted by molar-refractivity contribution is 0.0222. The van der Waals surface area contributed by atoms with Crippen molar-refractivity contribution in [2.45, 2.75) is 57.8 Å². The van der Waals surface area contributed by atoms with E-state index < -0.39 is 5.60 Å². The van der Waals surface area contributed by atoms with Crippen LogP contribution in [0, 0.1) is 0 Å². The van der Waals surface area contributed by atoms with Gasteiger partial charge in [0.2, 0.25) is 0 Å². The van der Waals surface area contributed by atoms with Gasteiger partial charge in [0.25, 0.3) is 0 Å². The molecule has 3 rings (SSSR count). The molecule has 1 aromatic carbocycles. The van der Waals surface area contributed by atoms with Gasteiger partial charge in [0.15, 0.2) is 0 Å². The highest BCUT2D eigenvalue weighted by atomic mass is 16.6. The zero-order valence-electron chi connectivity index (χ0n) is 15.6. The van der Waals surface area contributed by atoms with E-state index in [4.69, 9.17) is 4.74 Å². The number of fused-ring (bicyclic) bond motifs is 1. The Bertz CT molecular complexity index is 611. The molecule has 1 amide bonds. The summed E-state index contributed by atoms with van der Waals surface area (Å²) in [6, 6.07) is 8.45. The topological polar surface area (TPSA) is 53.0 Å². The van der Waals surface area contributed by atoms with Gasteiger partial charge in [-0.25, -0.2) is 4.79 Å². The van der Waals surface area contributed by atoms with Gasteiger partial charge in [-0.3, -0.25) is 4.90 Å². The number of aryl methyl sites for hydroxylation is 1. The van der Waals surface area contributed by atoms with Gasteiger partial charge < -0.3 is 14.7 Å². The number of amides is 1. The summed E-state index contributed by atoms with van der Waals surface area (Å²) in [4.78, 5) is 16.5. The Balaban J connectivity index is 1.70. The van der Waals surface area contributed by atoms with Crippen LogP contribution >= 0.6 is 0 Å². The number of carbonyl (C=O) groups is 1. The SMILES string of the molecule is CC(C)(C)OC(=O)N1CCCN([C@@H]2c3ccccc3CC[C@H]2O)CC1. The van der Waals surface area contributed by atoms with Crippen molar-refractivity contribution in [1.29, 1.82) is 0 Å². The van der Waals surface area contributed by atoms with E-state index in [1.807, 2.05) is 20.8 Å². The average Bonchev–Trinajstić information content (AvgIpc) is 2.79. The van der Waals surface area contributed by atoms with E-state index in [9.17, 15) is 9.90 Å². The number of ether oxygens (including phenoxy) is 1. The van der Waals surface area contributed by atoms with Crippen molar-refractivity contribution >= 4 is 6.09 Å². The number of nitrogens with zero attached hydrogens (tertiary/aromatic N) is 2. The molecule has 1 heterocycles. The number of hydrogen-bond donors (Lipinski definition) is 1. The number of rotatable bonds is 1. The summed E-state index contributed by atoms with van der Waals surface area (Å²) in [7, 11) is 0. The molecule has 1 fully saturated rings. The molecule has 0 radical (unpaired) electrons. The summed E-state index contributed by atoms with van der Waals surface area (Å²) < 4.78 is 5.51. The molecular formula is C20H30N2O3. The molecule has 0 aromatic heterocycles. The monoisotopic (exact) mass is 346 g/mol. The molecule has 0 spiro atoms. The van der Waals surface area contributed by atoms with E-state index in [0.29, 0.717) is 13.1 Å². The van der Waals surface area contributed by atoms with E-state index in [0.717, 1.165) is 32.4 Å². The zero-order chi connectivity index (χ0) is 18.0. The summed E-state index contributed by atoms with van der Waals surface area (Å²) in [6.07, 6.45) is 2.05. The highest BCUT2D eigenvalue weighted by Crippen LogP contribution is 2.35. The predicted molar refractivity (Wildman–Crippen MR) is 97.5 cm³/mol. The highest BCUT2D eigenvalue weighted by Gasteiger charge is 2.34. The Morgan fingerprint density at radius 1 is 1.16 bits per heavy atom. The maximum Gasteiger partial charge on any atom is 0.410 e. The van der Waals surface area contributed by atoms with Crippen molar-refractivity contribution in [2.24, 2.45) is 0 Å². The lowest BCUT2D eigenvalue weighted by Gasteiger charge is -2.38. The maximum atomic E-state index is 12.3. The van der Waals surface area contributed by atoms with E-state index in [2.05, 4.69) is 29.2 Å². The fraction of sp³-hybridized carbons (Fsp3) is 0.650. The summed E-state index contributed by atoms with van der Waals surface area (Å²) in [6.45, 7) is 8.67. The molecule has 1 aromatic rings. The number of aliphatic hydroxyl groups excluding tert-OH is 1. The summed E-state index contributed by atoms with van der Waals surface area (Å²) >= 11 is 0. The normalized spacial score (nSPS) is 25.2. The van der Waals surface area contributed by atoms with Crippen LogP contribution in [0.4, 0.5) is 4.79 Å². The molecule has 138 valence electrons. The molecule has 2 atom stereocenters. The summed E-state index contributed by atoms with van der Waals surface area (Å²) in [5, 5.41) is 10.6. The molecule has 5 nitrogen and oxygen atoms in total. The Morgan fingerprint density at radius 3 is 2.68 bits per heavy atom. The van der Waals surface area contributed by atoms with Crippen molar-refractivity contribution in [1.82, 2.24) is 9.80 Å². The quantitative estimate of drug-likeness (QED) is 0.849. The molecule has 5 heteroatoms. The van der Waals surface area contributed by atoms with Gasteiger partial charge in [-0.05, 0) is 51.2 Å². The number of hydrogen-bond acceptors (Lipinski definition) is 4. The minimum Gasteiger partial charge on any atom is -0.444 e. The first-order chi connectivity index (χ1) is 11.8. The van der Waals surface area contributed by atoms with Crippen molar-refractivity contribution in [3.63, 3.8) is 0 Å². The molecule has 0 unspecified atom stereocenters. The van der Waals surface area contributed by atoms with E-state index >= 15 is 0 Å². The fourth-order valence-corrected chi connectivity index (χ4v) is 3.88. The molecule has 25 heavy (non-hydrogen) atoms. The molecule has 1 saturated heterocycles. The third kappa shape index (κ3) is 4.33. The van der Waals surface area contributed by atoms with Crippen LogP contribution in [-0.2, 0) is 11.2 Å². The molecular weight excluding hydrogens is 316 g/mol. The van der Waals surface area contributed by atoms with Crippen molar-refractivity contribution in [2.75, 3.05) is 26.2 Å². The minimum absolute atomic E-state index is 0.0311. The van der Waals surface area contributed by atoms with E-state index in [1.54, 1.807) is 4.90 Å². The molecule has 0 bridgehead atoms. The smallest absolute Gasteiger partial charge is 0.410 e. The second kappa shape index (κ2) is 7.34. The average molecular weight is 346 g/mol. The first-order valence-corrected chi connectivity index (χ1v) is 9.33. The Morgan fingerprint density at radius 2 is 1.92 bits per heavy atom. The van der Waals surface area contributed by atoms with E-state index in [1.165, 1.54) is 11.1 Å². The van der Waals surface area contributed by atoms with Crippen LogP contribution in [0.15, 0.2) is 24.3 Å². The standard InChI is InChI=1S/C20H30N2O3/c1-20(2,3)25-19(24)22-12-6-11-21(13-14-22)18-16-8-5-4-7-15(16)9-10-17(18)23/h4-5,7-8,17-18,23H,6,9-14H2,1-3H3/t17-,18-/m1/s1. The lowest BCUT2D eigenvalue weighted by Crippen LogP contribution is -2.42. The van der Waals surface area contributed by atoms with Crippen molar-refractivity contribution in [3.8, 4) is 0 Å². The van der Waals surface area contributed by atoms with Crippen molar-refractivity contribution < 1.29 is 14.6 Å². The predicted octanol–water partition coefficient (Wildman–Crippen LogP) is 2.98. The van der Waals surface area contributed by atoms with Gasteiger partial charge in [-0.2, -0.15) is 0 Å². The van der Waals surface area contributed by atoms with Crippen LogP contribution in [0.1, 0.15) is 50.8 Å². The number of benzene rings is 1. The van der Waals surface area contributed by atoms with Gasteiger partial charge >= 0.3 is 6.09 Å². The van der Waals surface area contributed by atoms with Crippen molar-refractivity contribution in [3.05, 3.63) is 35.4 Å². The van der Waals surface area contributed by atoms with Crippen LogP contribution in [0.2, 0.25) is 0 Å². The second-order valence-corrected chi connectivity index (χ2v) is 8.11. The van der Waals surface area contributed by atoms with Gasteiger partial charge in [-0.1, -0.05) is 24.3 Å². The summed E-state index contributed by atoms with van der Waals surface area (Å²) in [5.41, 5.74) is 2.11. The van der Waals surface area contributed by atoms with Crippen LogP contribution in [0.25, 0.3) is 0 Å². The number of aliphatic hydroxyl groups is 1. The molecule has 2 aliphatic rings.